The lowest BCUT2D eigenvalue weighted by molar-refractivity contribution is 0.284. The lowest BCUT2D eigenvalue weighted by atomic mass is 10.1. The maximum Gasteiger partial charge on any atom is 0.187 e. The summed E-state index contributed by atoms with van der Waals surface area (Å²) in [6.45, 7) is 6.75. The fraction of sp³-hybridized carbons (Fsp3) is 0.200. The quantitative estimate of drug-likeness (QED) is 0.322. The first-order valence-corrected chi connectivity index (χ1v) is 8.58. The van der Waals surface area contributed by atoms with Crippen molar-refractivity contribution < 1.29 is 9.47 Å². The zero-order chi connectivity index (χ0) is 18.8. The Balaban J connectivity index is 1.99. The number of thiocarbonyl (C=S) groups is 1. The van der Waals surface area contributed by atoms with E-state index in [9.17, 15) is 0 Å². The van der Waals surface area contributed by atoms with E-state index in [-0.39, 0.29) is 0 Å². The molecule has 5 nitrogen and oxygen atoms in total. The Hall–Kier alpha value is -2.86. The SMILES string of the molecule is C=CCNC(=S)N/N=C/c1ccc(OCc2ccccc2C)c(OC)c1. The molecule has 26 heavy (non-hydrogen) atoms. The van der Waals surface area contributed by atoms with Crippen LogP contribution in [-0.4, -0.2) is 25.0 Å². The summed E-state index contributed by atoms with van der Waals surface area (Å²) in [5.74, 6) is 1.33. The van der Waals surface area contributed by atoms with E-state index >= 15 is 0 Å². The molecule has 0 aliphatic heterocycles. The molecule has 0 saturated carbocycles. The second kappa shape index (κ2) is 10.2. The van der Waals surface area contributed by atoms with Gasteiger partial charge in [-0.25, -0.2) is 0 Å². The molecule has 0 radical (unpaired) electrons. The highest BCUT2D eigenvalue weighted by Gasteiger charge is 2.06. The number of benzene rings is 2. The normalized spacial score (nSPS) is 10.4. The average Bonchev–Trinajstić information content (AvgIpc) is 2.66. The van der Waals surface area contributed by atoms with Gasteiger partial charge in [0.15, 0.2) is 16.6 Å². The molecule has 0 aliphatic carbocycles. The van der Waals surface area contributed by atoms with Gasteiger partial charge in [0.25, 0.3) is 0 Å². The molecule has 2 aromatic carbocycles. The van der Waals surface area contributed by atoms with Crippen LogP contribution in [0, 0.1) is 6.92 Å². The second-order valence-electron chi connectivity index (χ2n) is 5.49. The number of hydrogen-bond donors (Lipinski definition) is 2. The van der Waals surface area contributed by atoms with Crippen LogP contribution < -0.4 is 20.2 Å². The molecule has 6 heteroatoms. The van der Waals surface area contributed by atoms with Crippen LogP contribution in [0.15, 0.2) is 60.2 Å². The van der Waals surface area contributed by atoms with Crippen molar-refractivity contribution in [3.63, 3.8) is 0 Å². The third-order valence-corrected chi connectivity index (χ3v) is 3.85. The molecule has 0 spiro atoms. The Bertz CT molecular complexity index is 790. The van der Waals surface area contributed by atoms with Crippen LogP contribution in [0.25, 0.3) is 0 Å². The summed E-state index contributed by atoms with van der Waals surface area (Å²) in [4.78, 5) is 0. The smallest absolute Gasteiger partial charge is 0.187 e. The number of ether oxygens (including phenoxy) is 2. The maximum absolute atomic E-state index is 5.91. The van der Waals surface area contributed by atoms with Crippen LogP contribution >= 0.6 is 12.2 Å². The van der Waals surface area contributed by atoms with E-state index in [2.05, 4.69) is 41.5 Å². The molecule has 2 rings (SSSR count). The van der Waals surface area contributed by atoms with Crippen molar-refractivity contribution in [2.45, 2.75) is 13.5 Å². The highest BCUT2D eigenvalue weighted by atomic mass is 32.1. The summed E-state index contributed by atoms with van der Waals surface area (Å²) in [6.07, 6.45) is 3.38. The monoisotopic (exact) mass is 369 g/mol. The molecular weight excluding hydrogens is 346 g/mol. The first-order valence-electron chi connectivity index (χ1n) is 8.17. The van der Waals surface area contributed by atoms with E-state index in [1.807, 2.05) is 30.3 Å². The molecule has 0 aliphatic rings. The molecule has 0 heterocycles. The minimum Gasteiger partial charge on any atom is -0.493 e. The molecule has 0 atom stereocenters. The van der Waals surface area contributed by atoms with E-state index in [0.717, 1.165) is 11.1 Å². The minimum atomic E-state index is 0.436. The molecule has 136 valence electrons. The van der Waals surface area contributed by atoms with E-state index in [4.69, 9.17) is 21.7 Å². The van der Waals surface area contributed by atoms with Gasteiger partial charge in [-0.1, -0.05) is 30.3 Å². The predicted molar refractivity (Wildman–Crippen MR) is 110 cm³/mol. The molecule has 2 N–H and O–H groups in total. The molecular formula is C20H23N3O2S. The molecule has 0 fully saturated rings. The third kappa shape index (κ3) is 5.89. The molecule has 0 amide bonds. The van der Waals surface area contributed by atoms with E-state index in [1.165, 1.54) is 5.56 Å². The van der Waals surface area contributed by atoms with Crippen LogP contribution in [0.4, 0.5) is 0 Å². The minimum absolute atomic E-state index is 0.436. The molecule has 2 aromatic rings. The summed E-state index contributed by atoms with van der Waals surface area (Å²) in [6, 6.07) is 13.8. The largest absolute Gasteiger partial charge is 0.493 e. The van der Waals surface area contributed by atoms with Gasteiger partial charge in [-0.2, -0.15) is 5.10 Å². The summed E-state index contributed by atoms with van der Waals surface area (Å²) < 4.78 is 11.3. The van der Waals surface area contributed by atoms with Gasteiger partial charge >= 0.3 is 0 Å². The van der Waals surface area contributed by atoms with Crippen LogP contribution in [0.5, 0.6) is 11.5 Å². The molecule has 0 bridgehead atoms. The van der Waals surface area contributed by atoms with E-state index < -0.39 is 0 Å². The lowest BCUT2D eigenvalue weighted by Gasteiger charge is -2.12. The Morgan fingerprint density at radius 3 is 2.77 bits per heavy atom. The van der Waals surface area contributed by atoms with Crippen molar-refractivity contribution in [3.8, 4) is 11.5 Å². The highest BCUT2D eigenvalue weighted by Crippen LogP contribution is 2.28. The van der Waals surface area contributed by atoms with Crippen LogP contribution in [0.2, 0.25) is 0 Å². The Kier molecular flexibility index (Phi) is 7.64. The Labute approximate surface area is 159 Å². The lowest BCUT2D eigenvalue weighted by Crippen LogP contribution is -2.31. The van der Waals surface area contributed by atoms with Crippen LogP contribution in [0.1, 0.15) is 16.7 Å². The van der Waals surface area contributed by atoms with Crippen molar-refractivity contribution in [2.75, 3.05) is 13.7 Å². The summed E-state index contributed by atoms with van der Waals surface area (Å²) in [5, 5.41) is 7.46. The Morgan fingerprint density at radius 1 is 1.23 bits per heavy atom. The first kappa shape index (κ1) is 19.5. The van der Waals surface area contributed by atoms with Gasteiger partial charge in [-0.15, -0.1) is 6.58 Å². The van der Waals surface area contributed by atoms with Crippen molar-refractivity contribution in [1.82, 2.24) is 10.7 Å². The molecule has 0 unspecified atom stereocenters. The maximum atomic E-state index is 5.91. The van der Waals surface area contributed by atoms with Crippen molar-refractivity contribution in [3.05, 3.63) is 71.8 Å². The number of nitrogens with zero attached hydrogens (tertiary/aromatic N) is 1. The van der Waals surface area contributed by atoms with Gasteiger partial charge in [0.05, 0.1) is 13.3 Å². The van der Waals surface area contributed by atoms with Crippen molar-refractivity contribution in [2.24, 2.45) is 5.10 Å². The number of aryl methyl sites for hydroxylation is 1. The summed E-state index contributed by atoms with van der Waals surface area (Å²) >= 11 is 5.07. The van der Waals surface area contributed by atoms with Gasteiger partial charge < -0.3 is 14.8 Å². The number of rotatable bonds is 8. The van der Waals surface area contributed by atoms with Gasteiger partial charge in [0.1, 0.15) is 6.61 Å². The van der Waals surface area contributed by atoms with Gasteiger partial charge in [0, 0.05) is 6.54 Å². The van der Waals surface area contributed by atoms with Gasteiger partial charge in [-0.3, -0.25) is 5.43 Å². The van der Waals surface area contributed by atoms with E-state index in [0.29, 0.717) is 29.8 Å². The van der Waals surface area contributed by atoms with Gasteiger partial charge in [0.2, 0.25) is 0 Å². The number of nitrogens with one attached hydrogen (secondary N) is 2. The van der Waals surface area contributed by atoms with Gasteiger partial charge in [-0.05, 0) is 54.0 Å². The molecule has 0 saturated heterocycles. The standard InChI is InChI=1S/C20H23N3O2S/c1-4-11-21-20(26)23-22-13-16-9-10-18(19(12-16)24-3)25-14-17-8-6-5-7-15(17)2/h4-10,12-13H,1,11,14H2,2-3H3,(H2,21,23,26)/b22-13+. The Morgan fingerprint density at radius 2 is 2.04 bits per heavy atom. The highest BCUT2D eigenvalue weighted by molar-refractivity contribution is 7.80. The fourth-order valence-corrected chi connectivity index (χ4v) is 2.32. The fourth-order valence-electron chi connectivity index (χ4n) is 2.18. The first-order chi connectivity index (χ1) is 12.6. The van der Waals surface area contributed by atoms with Crippen LogP contribution in [0.3, 0.4) is 0 Å². The topological polar surface area (TPSA) is 54.9 Å². The number of hydrazone groups is 1. The second-order valence-corrected chi connectivity index (χ2v) is 5.90. The van der Waals surface area contributed by atoms with E-state index in [1.54, 1.807) is 19.4 Å². The molecule has 0 aromatic heterocycles. The zero-order valence-electron chi connectivity index (χ0n) is 15.0. The van der Waals surface area contributed by atoms with Crippen molar-refractivity contribution >= 4 is 23.5 Å². The summed E-state index contributed by atoms with van der Waals surface area (Å²) in [7, 11) is 1.61. The van der Waals surface area contributed by atoms with Crippen LogP contribution in [-0.2, 0) is 6.61 Å². The third-order valence-electron chi connectivity index (χ3n) is 3.62. The number of hydrogen-bond acceptors (Lipinski definition) is 4. The number of methoxy groups -OCH3 is 1. The summed E-state index contributed by atoms with van der Waals surface area (Å²) in [5.41, 5.74) is 5.95. The zero-order valence-corrected chi connectivity index (χ0v) is 15.8. The van der Waals surface area contributed by atoms with Crippen molar-refractivity contribution in [1.29, 1.82) is 0 Å². The average molecular weight is 369 g/mol. The predicted octanol–water partition coefficient (Wildman–Crippen LogP) is 3.57.